The van der Waals surface area contributed by atoms with Crippen molar-refractivity contribution in [2.45, 2.75) is 38.3 Å². The Morgan fingerprint density at radius 1 is 1.41 bits per heavy atom. The molecule has 1 aliphatic rings. The third-order valence-corrected chi connectivity index (χ3v) is 5.07. The van der Waals surface area contributed by atoms with Crippen molar-refractivity contribution in [2.24, 2.45) is 0 Å². The number of likely N-dealkylation sites (tertiary alicyclic amines) is 1. The largest absolute Gasteiger partial charge is 0.386 e. The fraction of sp³-hybridized carbons (Fsp3) is 0.667. The van der Waals surface area contributed by atoms with Gasteiger partial charge in [0.25, 0.3) is 0 Å². The number of nitrogens with one attached hydrogen (secondary N) is 2. The number of piperidine rings is 1. The van der Waals surface area contributed by atoms with Crippen molar-refractivity contribution in [3.05, 3.63) is 21.3 Å². The van der Waals surface area contributed by atoms with Crippen molar-refractivity contribution in [1.29, 1.82) is 0 Å². The zero-order valence-electron chi connectivity index (χ0n) is 12.8. The predicted octanol–water partition coefficient (Wildman–Crippen LogP) is 2.61. The Hall–Kier alpha value is -0.820. The van der Waals surface area contributed by atoms with Gasteiger partial charge >= 0.3 is 6.03 Å². The average Bonchev–Trinajstić information content (AvgIpc) is 2.92. The minimum absolute atomic E-state index is 0.0893. The highest BCUT2D eigenvalue weighted by atomic mass is 35.5. The molecule has 2 amide bonds. The first-order chi connectivity index (χ1) is 10.5. The molecule has 0 radical (unpaired) electrons. The Morgan fingerprint density at radius 3 is 2.77 bits per heavy atom. The van der Waals surface area contributed by atoms with Gasteiger partial charge in [-0.3, -0.25) is 0 Å². The second kappa shape index (κ2) is 8.72. The lowest BCUT2D eigenvalue weighted by molar-refractivity contribution is 0.173. The molecule has 7 heteroatoms. The summed E-state index contributed by atoms with van der Waals surface area (Å²) in [7, 11) is 0. The number of urea groups is 1. The van der Waals surface area contributed by atoms with E-state index < -0.39 is 6.10 Å². The number of carbonyl (C=O) groups excluding carboxylic acids is 1. The summed E-state index contributed by atoms with van der Waals surface area (Å²) in [5.41, 5.74) is 0. The second-order valence-electron chi connectivity index (χ2n) is 5.77. The van der Waals surface area contributed by atoms with E-state index in [9.17, 15) is 9.90 Å². The van der Waals surface area contributed by atoms with Crippen molar-refractivity contribution >= 4 is 29.0 Å². The number of aliphatic hydroxyl groups excluding tert-OH is 1. The number of hydrogen-bond donors (Lipinski definition) is 3. The maximum Gasteiger partial charge on any atom is 0.315 e. The number of halogens is 1. The topological polar surface area (TPSA) is 64.6 Å². The van der Waals surface area contributed by atoms with E-state index in [2.05, 4.69) is 15.5 Å². The Morgan fingerprint density at radius 2 is 2.14 bits per heavy atom. The van der Waals surface area contributed by atoms with Crippen LogP contribution < -0.4 is 10.6 Å². The fourth-order valence-corrected chi connectivity index (χ4v) is 3.69. The SMILES string of the molecule is CC(CN1CCCCC1)NC(=O)NCC(O)c1ccc(Cl)s1. The molecule has 124 valence electrons. The van der Waals surface area contributed by atoms with E-state index in [0.29, 0.717) is 4.34 Å². The molecular weight excluding hydrogens is 322 g/mol. The molecule has 1 fully saturated rings. The lowest BCUT2D eigenvalue weighted by atomic mass is 10.1. The summed E-state index contributed by atoms with van der Waals surface area (Å²) in [6.45, 7) is 5.29. The van der Waals surface area contributed by atoms with Gasteiger partial charge in [-0.1, -0.05) is 18.0 Å². The number of nitrogens with zero attached hydrogens (tertiary/aromatic N) is 1. The highest BCUT2D eigenvalue weighted by Gasteiger charge is 2.16. The summed E-state index contributed by atoms with van der Waals surface area (Å²) in [6.07, 6.45) is 3.08. The molecule has 1 aromatic heterocycles. The minimum atomic E-state index is -0.722. The van der Waals surface area contributed by atoms with E-state index in [-0.39, 0.29) is 18.6 Å². The Bertz CT molecular complexity index is 477. The minimum Gasteiger partial charge on any atom is -0.386 e. The number of aliphatic hydroxyl groups is 1. The van der Waals surface area contributed by atoms with Gasteiger partial charge in [-0.15, -0.1) is 11.3 Å². The molecule has 5 nitrogen and oxygen atoms in total. The number of hydrogen-bond acceptors (Lipinski definition) is 4. The van der Waals surface area contributed by atoms with Gasteiger partial charge in [0.05, 0.1) is 10.9 Å². The standard InChI is InChI=1S/C15H24ClN3O2S/c1-11(10-19-7-3-2-4-8-19)18-15(21)17-9-12(20)13-5-6-14(16)22-13/h5-6,11-12,20H,2-4,7-10H2,1H3,(H2,17,18,21). The van der Waals surface area contributed by atoms with Crippen LogP contribution >= 0.6 is 22.9 Å². The molecule has 2 atom stereocenters. The molecule has 3 N–H and O–H groups in total. The van der Waals surface area contributed by atoms with Gasteiger partial charge < -0.3 is 20.6 Å². The molecule has 1 aromatic rings. The van der Waals surface area contributed by atoms with E-state index in [1.807, 2.05) is 6.92 Å². The van der Waals surface area contributed by atoms with Crippen LogP contribution in [0.2, 0.25) is 4.34 Å². The first kappa shape index (κ1) is 17.5. The number of carbonyl (C=O) groups is 1. The van der Waals surface area contributed by atoms with Crippen molar-refractivity contribution in [2.75, 3.05) is 26.2 Å². The van der Waals surface area contributed by atoms with Gasteiger partial charge in [-0.05, 0) is 45.0 Å². The lowest BCUT2D eigenvalue weighted by Crippen LogP contribution is -2.47. The Labute approximate surface area is 140 Å². The summed E-state index contributed by atoms with van der Waals surface area (Å²) in [4.78, 5) is 15.0. The van der Waals surface area contributed by atoms with Crippen LogP contribution in [0.5, 0.6) is 0 Å². The van der Waals surface area contributed by atoms with Crippen LogP contribution in [0.15, 0.2) is 12.1 Å². The lowest BCUT2D eigenvalue weighted by Gasteiger charge is -2.29. The first-order valence-corrected chi connectivity index (χ1v) is 8.94. The van der Waals surface area contributed by atoms with Crippen LogP contribution in [-0.4, -0.2) is 48.3 Å². The second-order valence-corrected chi connectivity index (χ2v) is 7.52. The smallest absolute Gasteiger partial charge is 0.315 e. The Kier molecular flexibility index (Phi) is 6.95. The van der Waals surface area contributed by atoms with E-state index in [0.717, 1.165) is 24.5 Å². The van der Waals surface area contributed by atoms with Gasteiger partial charge in [0, 0.05) is 17.5 Å². The van der Waals surface area contributed by atoms with Crippen LogP contribution in [0, 0.1) is 0 Å². The van der Waals surface area contributed by atoms with E-state index in [4.69, 9.17) is 11.6 Å². The van der Waals surface area contributed by atoms with Gasteiger partial charge in [0.2, 0.25) is 0 Å². The number of rotatable bonds is 6. The highest BCUT2D eigenvalue weighted by molar-refractivity contribution is 7.16. The molecule has 0 aromatic carbocycles. The zero-order valence-corrected chi connectivity index (χ0v) is 14.4. The summed E-state index contributed by atoms with van der Waals surface area (Å²) < 4.78 is 0.633. The van der Waals surface area contributed by atoms with E-state index >= 15 is 0 Å². The summed E-state index contributed by atoms with van der Waals surface area (Å²) >= 11 is 7.15. The molecule has 1 saturated heterocycles. The molecule has 0 bridgehead atoms. The van der Waals surface area contributed by atoms with Gasteiger partial charge in [-0.25, -0.2) is 4.79 Å². The quantitative estimate of drug-likeness (QED) is 0.742. The normalized spacial score (nSPS) is 18.7. The van der Waals surface area contributed by atoms with Crippen LogP contribution in [0.25, 0.3) is 0 Å². The number of thiophene rings is 1. The molecule has 0 spiro atoms. The maximum atomic E-state index is 11.9. The third-order valence-electron chi connectivity index (χ3n) is 3.74. The van der Waals surface area contributed by atoms with Crippen LogP contribution in [-0.2, 0) is 0 Å². The first-order valence-electron chi connectivity index (χ1n) is 7.74. The van der Waals surface area contributed by atoms with E-state index in [1.165, 1.54) is 30.6 Å². The summed E-state index contributed by atoms with van der Waals surface area (Å²) in [5, 5.41) is 15.6. The molecule has 2 heterocycles. The molecule has 0 saturated carbocycles. The predicted molar refractivity (Wildman–Crippen MR) is 90.6 cm³/mol. The van der Waals surface area contributed by atoms with Gasteiger partial charge in [0.15, 0.2) is 0 Å². The molecule has 1 aliphatic heterocycles. The average molecular weight is 346 g/mol. The monoisotopic (exact) mass is 345 g/mol. The summed E-state index contributed by atoms with van der Waals surface area (Å²) in [5.74, 6) is 0. The van der Waals surface area contributed by atoms with Crippen molar-refractivity contribution in [3.63, 3.8) is 0 Å². The number of amides is 2. The molecule has 2 unspecified atom stereocenters. The molecule has 0 aliphatic carbocycles. The third kappa shape index (κ3) is 5.76. The van der Waals surface area contributed by atoms with Crippen molar-refractivity contribution in [3.8, 4) is 0 Å². The van der Waals surface area contributed by atoms with Crippen molar-refractivity contribution < 1.29 is 9.90 Å². The maximum absolute atomic E-state index is 11.9. The van der Waals surface area contributed by atoms with Crippen molar-refractivity contribution in [1.82, 2.24) is 15.5 Å². The van der Waals surface area contributed by atoms with Gasteiger partial charge in [-0.2, -0.15) is 0 Å². The fourth-order valence-electron chi connectivity index (χ4n) is 2.65. The van der Waals surface area contributed by atoms with E-state index in [1.54, 1.807) is 12.1 Å². The molecule has 2 rings (SSSR count). The molecule has 22 heavy (non-hydrogen) atoms. The zero-order chi connectivity index (χ0) is 15.9. The van der Waals surface area contributed by atoms with Crippen LogP contribution in [0.4, 0.5) is 4.79 Å². The highest BCUT2D eigenvalue weighted by Crippen LogP contribution is 2.26. The molecular formula is C15H24ClN3O2S. The van der Waals surface area contributed by atoms with Crippen LogP contribution in [0.1, 0.15) is 37.2 Å². The Balaban J connectivity index is 1.66. The van der Waals surface area contributed by atoms with Gasteiger partial charge in [0.1, 0.15) is 6.10 Å². The van der Waals surface area contributed by atoms with Crippen LogP contribution in [0.3, 0.4) is 0 Å². The summed E-state index contributed by atoms with van der Waals surface area (Å²) in [6, 6.07) is 3.36.